The van der Waals surface area contributed by atoms with E-state index in [9.17, 15) is 0 Å². The molecule has 1 aromatic carbocycles. The normalized spacial score (nSPS) is 10.2. The molecule has 16 heavy (non-hydrogen) atoms. The minimum atomic E-state index is 0.645. The van der Waals surface area contributed by atoms with Crippen LogP contribution in [0.25, 0.3) is 11.1 Å². The number of hydrogen-bond donors (Lipinski definition) is 0. The molecule has 0 saturated carbocycles. The van der Waals surface area contributed by atoms with Crippen LogP contribution in [-0.2, 0) is 0 Å². The number of aromatic nitrogens is 2. The van der Waals surface area contributed by atoms with Crippen molar-refractivity contribution in [2.75, 3.05) is 7.11 Å². The highest BCUT2D eigenvalue weighted by Gasteiger charge is 2.10. The van der Waals surface area contributed by atoms with Gasteiger partial charge in [0.1, 0.15) is 16.7 Å². The highest BCUT2D eigenvalue weighted by Crippen LogP contribution is 2.35. The number of nitrogens with zero attached hydrogens (tertiary/aromatic N) is 2. The lowest BCUT2D eigenvalue weighted by atomic mass is 10.1. The molecule has 0 aliphatic rings. The predicted molar refractivity (Wildman–Crippen MR) is 66.7 cm³/mol. The van der Waals surface area contributed by atoms with Gasteiger partial charge in [-0.15, -0.1) is 0 Å². The Morgan fingerprint density at radius 2 is 2.12 bits per heavy atom. The van der Waals surface area contributed by atoms with E-state index in [0.717, 1.165) is 16.9 Å². The topological polar surface area (TPSA) is 35.0 Å². The molecule has 0 aliphatic carbocycles. The van der Waals surface area contributed by atoms with Gasteiger partial charge in [-0.3, -0.25) is 0 Å². The third-order valence-corrected chi connectivity index (χ3v) is 2.98. The van der Waals surface area contributed by atoms with Gasteiger partial charge in [-0.2, -0.15) is 0 Å². The Bertz CT molecular complexity index is 519. The zero-order valence-corrected chi connectivity index (χ0v) is 10.8. The Kier molecular flexibility index (Phi) is 3.41. The van der Waals surface area contributed by atoms with Gasteiger partial charge in [0.15, 0.2) is 0 Å². The summed E-state index contributed by atoms with van der Waals surface area (Å²) in [6, 6.07) is 5.42. The Hall–Kier alpha value is -1.13. The number of halogens is 2. The fourth-order valence-electron chi connectivity index (χ4n) is 1.39. The fraction of sp³-hybridized carbons (Fsp3) is 0.0909. The quantitative estimate of drug-likeness (QED) is 0.795. The van der Waals surface area contributed by atoms with Gasteiger partial charge in [-0.1, -0.05) is 11.6 Å². The van der Waals surface area contributed by atoms with Crippen LogP contribution in [0.1, 0.15) is 0 Å². The van der Waals surface area contributed by atoms with E-state index >= 15 is 0 Å². The van der Waals surface area contributed by atoms with Crippen LogP contribution in [0.3, 0.4) is 0 Å². The summed E-state index contributed by atoms with van der Waals surface area (Å²) in [5.41, 5.74) is 1.71. The number of benzene rings is 1. The van der Waals surface area contributed by atoms with Gasteiger partial charge in [-0.25, -0.2) is 9.97 Å². The van der Waals surface area contributed by atoms with Crippen molar-refractivity contribution in [2.45, 2.75) is 0 Å². The molecule has 0 atom stereocenters. The second-order valence-electron chi connectivity index (χ2n) is 3.07. The smallest absolute Gasteiger partial charge is 0.126 e. The molecular formula is C11H8BrClN2O. The standard InChI is InChI=1S/C11H8BrClN2O/c1-16-10-3-2-7(13)4-8(10)9-5-14-6-15-11(9)12/h2-6H,1H3. The molecule has 0 N–H and O–H groups in total. The maximum absolute atomic E-state index is 5.96. The van der Waals surface area contributed by atoms with Crippen molar-refractivity contribution in [2.24, 2.45) is 0 Å². The van der Waals surface area contributed by atoms with Crippen LogP contribution in [-0.4, -0.2) is 17.1 Å². The molecule has 1 heterocycles. The first-order valence-corrected chi connectivity index (χ1v) is 5.69. The maximum atomic E-state index is 5.96. The third kappa shape index (κ3) is 2.18. The van der Waals surface area contributed by atoms with Crippen LogP contribution in [0.5, 0.6) is 5.75 Å². The van der Waals surface area contributed by atoms with Gasteiger partial charge in [0, 0.05) is 22.3 Å². The van der Waals surface area contributed by atoms with E-state index in [0.29, 0.717) is 9.63 Å². The average molecular weight is 300 g/mol. The van der Waals surface area contributed by atoms with Crippen LogP contribution in [0.15, 0.2) is 35.3 Å². The van der Waals surface area contributed by atoms with E-state index in [-0.39, 0.29) is 0 Å². The molecule has 0 radical (unpaired) electrons. The minimum absolute atomic E-state index is 0.645. The Labute approximate surface area is 107 Å². The zero-order chi connectivity index (χ0) is 11.5. The van der Waals surface area contributed by atoms with Gasteiger partial charge in [0.25, 0.3) is 0 Å². The van der Waals surface area contributed by atoms with Crippen molar-refractivity contribution in [3.63, 3.8) is 0 Å². The van der Waals surface area contributed by atoms with E-state index in [2.05, 4.69) is 25.9 Å². The summed E-state index contributed by atoms with van der Waals surface area (Å²) in [5.74, 6) is 0.736. The average Bonchev–Trinajstić information content (AvgIpc) is 2.29. The molecule has 5 heteroatoms. The fourth-order valence-corrected chi connectivity index (χ4v) is 1.97. The molecule has 0 unspecified atom stereocenters. The Balaban J connectivity index is 2.63. The summed E-state index contributed by atoms with van der Waals surface area (Å²) in [5, 5.41) is 0.645. The number of rotatable bonds is 2. The predicted octanol–water partition coefficient (Wildman–Crippen LogP) is 3.57. The van der Waals surface area contributed by atoms with Gasteiger partial charge in [0.2, 0.25) is 0 Å². The lowest BCUT2D eigenvalue weighted by Gasteiger charge is -2.09. The van der Waals surface area contributed by atoms with Crippen LogP contribution >= 0.6 is 27.5 Å². The number of hydrogen-bond acceptors (Lipinski definition) is 3. The molecule has 3 nitrogen and oxygen atoms in total. The molecule has 0 spiro atoms. The van der Waals surface area contributed by atoms with E-state index in [1.54, 1.807) is 19.4 Å². The van der Waals surface area contributed by atoms with Crippen molar-refractivity contribution in [3.8, 4) is 16.9 Å². The van der Waals surface area contributed by atoms with Crippen LogP contribution in [0.4, 0.5) is 0 Å². The molecule has 0 fully saturated rings. The van der Waals surface area contributed by atoms with Crippen molar-refractivity contribution in [1.82, 2.24) is 9.97 Å². The molecule has 0 amide bonds. The lowest BCUT2D eigenvalue weighted by Crippen LogP contribution is -1.91. The maximum Gasteiger partial charge on any atom is 0.126 e. The van der Waals surface area contributed by atoms with Crippen molar-refractivity contribution >= 4 is 27.5 Å². The molecule has 1 aromatic heterocycles. The van der Waals surface area contributed by atoms with Crippen molar-refractivity contribution in [3.05, 3.63) is 40.3 Å². The first-order chi connectivity index (χ1) is 7.72. The van der Waals surface area contributed by atoms with Gasteiger partial charge >= 0.3 is 0 Å². The molecular weight excluding hydrogens is 291 g/mol. The molecule has 2 rings (SSSR count). The van der Waals surface area contributed by atoms with E-state index in [1.807, 2.05) is 12.1 Å². The SMILES string of the molecule is COc1ccc(Cl)cc1-c1cncnc1Br. The second-order valence-corrected chi connectivity index (χ2v) is 4.26. The summed E-state index contributed by atoms with van der Waals surface area (Å²) in [6.45, 7) is 0. The van der Waals surface area contributed by atoms with E-state index < -0.39 is 0 Å². The van der Waals surface area contributed by atoms with Crippen LogP contribution in [0.2, 0.25) is 5.02 Å². The number of ether oxygens (including phenoxy) is 1. The Morgan fingerprint density at radius 1 is 1.31 bits per heavy atom. The third-order valence-electron chi connectivity index (χ3n) is 2.12. The van der Waals surface area contributed by atoms with E-state index in [4.69, 9.17) is 16.3 Å². The van der Waals surface area contributed by atoms with Crippen LogP contribution < -0.4 is 4.74 Å². The lowest BCUT2D eigenvalue weighted by molar-refractivity contribution is 0.416. The highest BCUT2D eigenvalue weighted by atomic mass is 79.9. The molecule has 0 aliphatic heterocycles. The molecule has 82 valence electrons. The first kappa shape index (κ1) is 11.4. The summed E-state index contributed by atoms with van der Waals surface area (Å²) < 4.78 is 5.99. The van der Waals surface area contributed by atoms with Gasteiger partial charge in [0.05, 0.1) is 7.11 Å². The monoisotopic (exact) mass is 298 g/mol. The summed E-state index contributed by atoms with van der Waals surface area (Å²) in [6.07, 6.45) is 3.19. The van der Waals surface area contributed by atoms with Crippen molar-refractivity contribution < 1.29 is 4.74 Å². The van der Waals surface area contributed by atoms with Crippen LogP contribution in [0, 0.1) is 0 Å². The van der Waals surface area contributed by atoms with Gasteiger partial charge < -0.3 is 4.74 Å². The van der Waals surface area contributed by atoms with Gasteiger partial charge in [-0.05, 0) is 34.1 Å². The summed E-state index contributed by atoms with van der Waals surface area (Å²) >= 11 is 9.34. The Morgan fingerprint density at radius 3 is 2.81 bits per heavy atom. The van der Waals surface area contributed by atoms with E-state index in [1.165, 1.54) is 6.33 Å². The second kappa shape index (κ2) is 4.80. The molecule has 2 aromatic rings. The number of methoxy groups -OCH3 is 1. The highest BCUT2D eigenvalue weighted by molar-refractivity contribution is 9.10. The zero-order valence-electron chi connectivity index (χ0n) is 8.45. The first-order valence-electron chi connectivity index (χ1n) is 4.52. The minimum Gasteiger partial charge on any atom is -0.496 e. The van der Waals surface area contributed by atoms with Crippen molar-refractivity contribution in [1.29, 1.82) is 0 Å². The molecule has 0 bridgehead atoms. The summed E-state index contributed by atoms with van der Waals surface area (Å²) in [4.78, 5) is 8.05. The largest absolute Gasteiger partial charge is 0.496 e. The summed E-state index contributed by atoms with van der Waals surface area (Å²) in [7, 11) is 1.62. The molecule has 0 saturated heterocycles.